The Kier molecular flexibility index (Phi) is 19.1. The maximum atomic E-state index is 12.0. The van der Waals surface area contributed by atoms with Crippen LogP contribution < -0.4 is 0 Å². The van der Waals surface area contributed by atoms with Crippen molar-refractivity contribution in [3.05, 3.63) is 11.6 Å². The number of hydrogen-bond acceptors (Lipinski definition) is 6. The van der Waals surface area contributed by atoms with Crippen molar-refractivity contribution in [1.82, 2.24) is 0 Å². The predicted molar refractivity (Wildman–Crippen MR) is 139 cm³/mol. The largest absolute Gasteiger partial charge is 0.461 e. The smallest absolute Gasteiger partial charge is 0.340 e. The molecule has 1 atom stereocenters. The molecule has 0 saturated carbocycles. The molecule has 1 aliphatic heterocycles. The van der Waals surface area contributed by atoms with Gasteiger partial charge in [0.05, 0.1) is 5.57 Å². The van der Waals surface area contributed by atoms with Crippen LogP contribution in [0.4, 0.5) is 0 Å². The number of esters is 3. The number of ether oxygens (including phenoxy) is 3. The van der Waals surface area contributed by atoms with Gasteiger partial charge in [-0.2, -0.15) is 0 Å². The molecule has 0 aromatic carbocycles. The van der Waals surface area contributed by atoms with Gasteiger partial charge in [-0.15, -0.1) is 0 Å². The number of rotatable bonds is 23. The minimum atomic E-state index is -1.01. The third kappa shape index (κ3) is 17.3. The summed E-state index contributed by atoms with van der Waals surface area (Å²) in [7, 11) is 0. The minimum Gasteiger partial charge on any atom is -0.461 e. The molecule has 1 rings (SSSR count). The SMILES string of the molecule is CCCCCCCCCCCC(=O)OCC1=CC(OC(=O)CCCCCCCCCCC)OC1=O. The number of hydrogen-bond donors (Lipinski definition) is 0. The summed E-state index contributed by atoms with van der Waals surface area (Å²) >= 11 is 0. The first-order chi connectivity index (χ1) is 17.1. The highest BCUT2D eigenvalue weighted by Crippen LogP contribution is 2.18. The molecule has 0 radical (unpaired) electrons. The standard InChI is InChI=1S/C29H50O6/c1-3-5-7-9-11-13-15-17-19-21-26(30)33-24-25-23-28(35-29(25)32)34-27(31)22-20-18-16-14-12-10-8-6-4-2/h23,28H,3-22,24H2,1-2H3. The molecule has 0 fully saturated rings. The van der Waals surface area contributed by atoms with Crippen molar-refractivity contribution in [1.29, 1.82) is 0 Å². The summed E-state index contributed by atoms with van der Waals surface area (Å²) in [6.45, 7) is 4.30. The van der Waals surface area contributed by atoms with Crippen molar-refractivity contribution in [2.45, 2.75) is 149 Å². The Hall–Kier alpha value is -1.85. The molecule has 35 heavy (non-hydrogen) atoms. The molecule has 1 heterocycles. The summed E-state index contributed by atoms with van der Waals surface area (Å²) in [4.78, 5) is 35.9. The van der Waals surface area contributed by atoms with Crippen LogP contribution in [0.15, 0.2) is 11.6 Å². The minimum absolute atomic E-state index is 0.137. The molecule has 1 aliphatic rings. The molecule has 6 nitrogen and oxygen atoms in total. The lowest BCUT2D eigenvalue weighted by atomic mass is 10.1. The van der Waals surface area contributed by atoms with E-state index >= 15 is 0 Å². The fourth-order valence-electron chi connectivity index (χ4n) is 4.19. The normalized spacial score (nSPS) is 15.1. The lowest BCUT2D eigenvalue weighted by Gasteiger charge is -2.09. The van der Waals surface area contributed by atoms with E-state index in [0.29, 0.717) is 12.8 Å². The van der Waals surface area contributed by atoms with Gasteiger partial charge in [0.2, 0.25) is 0 Å². The number of carbonyl (C=O) groups excluding carboxylic acids is 3. The first-order valence-electron chi connectivity index (χ1n) is 14.3. The van der Waals surface area contributed by atoms with Crippen LogP contribution in [0.2, 0.25) is 0 Å². The molecule has 0 spiro atoms. The quantitative estimate of drug-likeness (QED) is 0.107. The van der Waals surface area contributed by atoms with Crippen molar-refractivity contribution in [2.24, 2.45) is 0 Å². The highest BCUT2D eigenvalue weighted by Gasteiger charge is 2.28. The van der Waals surface area contributed by atoms with Gasteiger partial charge in [-0.1, -0.05) is 117 Å². The van der Waals surface area contributed by atoms with Gasteiger partial charge in [-0.3, -0.25) is 9.59 Å². The molecule has 0 N–H and O–H groups in total. The molecular weight excluding hydrogens is 444 g/mol. The number of unbranched alkanes of at least 4 members (excludes halogenated alkanes) is 16. The highest BCUT2D eigenvalue weighted by atomic mass is 16.7. The first-order valence-corrected chi connectivity index (χ1v) is 14.3. The van der Waals surface area contributed by atoms with Gasteiger partial charge in [-0.05, 0) is 12.8 Å². The molecule has 202 valence electrons. The summed E-state index contributed by atoms with van der Waals surface area (Å²) in [6, 6.07) is 0. The maximum Gasteiger partial charge on any atom is 0.340 e. The van der Waals surface area contributed by atoms with E-state index in [-0.39, 0.29) is 24.1 Å². The van der Waals surface area contributed by atoms with Gasteiger partial charge in [0.15, 0.2) is 0 Å². The average molecular weight is 495 g/mol. The predicted octanol–water partition coefficient (Wildman–Crippen LogP) is 7.72. The topological polar surface area (TPSA) is 78.9 Å². The molecule has 6 heteroatoms. The lowest BCUT2D eigenvalue weighted by molar-refractivity contribution is -0.173. The van der Waals surface area contributed by atoms with E-state index in [9.17, 15) is 14.4 Å². The van der Waals surface area contributed by atoms with Crippen LogP contribution >= 0.6 is 0 Å². The Balaban J connectivity index is 2.06. The Morgan fingerprint density at radius 1 is 0.686 bits per heavy atom. The van der Waals surface area contributed by atoms with Gasteiger partial charge in [-0.25, -0.2) is 4.79 Å². The Bertz CT molecular complexity index is 612. The van der Waals surface area contributed by atoms with Crippen LogP contribution in [0.3, 0.4) is 0 Å². The zero-order valence-electron chi connectivity index (χ0n) is 22.5. The zero-order chi connectivity index (χ0) is 25.6. The summed E-state index contributed by atoms with van der Waals surface area (Å²) in [6.07, 6.45) is 22.3. The van der Waals surface area contributed by atoms with Crippen LogP contribution in [-0.4, -0.2) is 30.8 Å². The van der Waals surface area contributed by atoms with E-state index in [0.717, 1.165) is 38.5 Å². The van der Waals surface area contributed by atoms with E-state index in [1.165, 1.54) is 83.1 Å². The molecule has 0 amide bonds. The second kappa shape index (κ2) is 21.4. The van der Waals surface area contributed by atoms with Gasteiger partial charge in [0.25, 0.3) is 6.29 Å². The van der Waals surface area contributed by atoms with Gasteiger partial charge in [0, 0.05) is 18.9 Å². The van der Waals surface area contributed by atoms with Crippen molar-refractivity contribution in [2.75, 3.05) is 6.61 Å². The monoisotopic (exact) mass is 494 g/mol. The summed E-state index contributed by atoms with van der Waals surface area (Å²) in [5.74, 6) is -1.28. The van der Waals surface area contributed by atoms with Gasteiger partial charge >= 0.3 is 17.9 Å². The molecule has 1 unspecified atom stereocenters. The highest BCUT2D eigenvalue weighted by molar-refractivity contribution is 5.91. The van der Waals surface area contributed by atoms with Crippen molar-refractivity contribution >= 4 is 17.9 Å². The molecular formula is C29H50O6. The molecule has 0 saturated heterocycles. The van der Waals surface area contributed by atoms with Gasteiger partial charge < -0.3 is 14.2 Å². The first kappa shape index (κ1) is 31.2. The second-order valence-corrected chi connectivity index (χ2v) is 9.77. The van der Waals surface area contributed by atoms with Crippen LogP contribution in [0.5, 0.6) is 0 Å². The van der Waals surface area contributed by atoms with E-state index in [4.69, 9.17) is 14.2 Å². The maximum absolute atomic E-state index is 12.0. The van der Waals surface area contributed by atoms with E-state index < -0.39 is 12.3 Å². The second-order valence-electron chi connectivity index (χ2n) is 9.77. The van der Waals surface area contributed by atoms with Gasteiger partial charge in [0.1, 0.15) is 6.61 Å². The van der Waals surface area contributed by atoms with Crippen LogP contribution in [0.1, 0.15) is 142 Å². The summed E-state index contributed by atoms with van der Waals surface area (Å²) in [5, 5.41) is 0. The average Bonchev–Trinajstić information content (AvgIpc) is 3.19. The van der Waals surface area contributed by atoms with Crippen molar-refractivity contribution in [3.63, 3.8) is 0 Å². The Labute approximate surface area is 213 Å². The molecule has 0 bridgehead atoms. The van der Waals surface area contributed by atoms with E-state index in [2.05, 4.69) is 13.8 Å². The van der Waals surface area contributed by atoms with Crippen molar-refractivity contribution < 1.29 is 28.6 Å². The molecule has 0 aromatic heterocycles. The Morgan fingerprint density at radius 3 is 1.60 bits per heavy atom. The fraction of sp³-hybridized carbons (Fsp3) is 0.828. The van der Waals surface area contributed by atoms with E-state index in [1.54, 1.807) is 0 Å². The fourth-order valence-corrected chi connectivity index (χ4v) is 4.19. The van der Waals surface area contributed by atoms with Crippen LogP contribution in [0, 0.1) is 0 Å². The number of cyclic esters (lactones) is 1. The Morgan fingerprint density at radius 2 is 1.11 bits per heavy atom. The van der Waals surface area contributed by atoms with Crippen LogP contribution in [0.25, 0.3) is 0 Å². The molecule has 0 aliphatic carbocycles. The van der Waals surface area contributed by atoms with E-state index in [1.807, 2.05) is 0 Å². The summed E-state index contributed by atoms with van der Waals surface area (Å²) < 4.78 is 15.5. The third-order valence-corrected chi connectivity index (χ3v) is 6.43. The lowest BCUT2D eigenvalue weighted by Crippen LogP contribution is -2.17. The van der Waals surface area contributed by atoms with Crippen LogP contribution in [-0.2, 0) is 28.6 Å². The molecule has 0 aromatic rings. The summed E-state index contributed by atoms with van der Waals surface area (Å²) in [5.41, 5.74) is 0.228. The van der Waals surface area contributed by atoms with Crippen molar-refractivity contribution in [3.8, 4) is 0 Å². The zero-order valence-corrected chi connectivity index (χ0v) is 22.5. The third-order valence-electron chi connectivity index (χ3n) is 6.43. The number of carbonyl (C=O) groups is 3.